The molecule has 0 spiro atoms. The van der Waals surface area contributed by atoms with Crippen LogP contribution in [-0.4, -0.2) is 22.0 Å². The summed E-state index contributed by atoms with van der Waals surface area (Å²) in [5, 5.41) is 2.03. The van der Waals surface area contributed by atoms with Crippen molar-refractivity contribution in [2.75, 3.05) is 6.61 Å². The van der Waals surface area contributed by atoms with E-state index < -0.39 is 0 Å². The summed E-state index contributed by atoms with van der Waals surface area (Å²) in [6.07, 6.45) is 1.99. The lowest BCUT2D eigenvalue weighted by Gasteiger charge is -2.22. The number of rotatable bonds is 7. The van der Waals surface area contributed by atoms with Crippen LogP contribution in [-0.2, 0) is 24.9 Å². The lowest BCUT2D eigenvalue weighted by molar-refractivity contribution is -0.134. The van der Waals surface area contributed by atoms with Gasteiger partial charge in [-0.2, -0.15) is 0 Å². The summed E-state index contributed by atoms with van der Waals surface area (Å²) >= 11 is 1.66. The molecule has 0 unspecified atom stereocenters. The first kappa shape index (κ1) is 17.3. The first-order chi connectivity index (χ1) is 12.1. The summed E-state index contributed by atoms with van der Waals surface area (Å²) in [4.78, 5) is 15.8. The number of amides is 1. The molecule has 1 aromatic carbocycles. The van der Waals surface area contributed by atoms with Gasteiger partial charge in [0.2, 0.25) is 0 Å². The van der Waals surface area contributed by atoms with E-state index in [9.17, 15) is 4.79 Å². The molecule has 2 aromatic heterocycles. The topological polar surface area (TPSA) is 34.5 Å². The molecular formula is C20H22N2O2S. The second-order valence-corrected chi connectivity index (χ2v) is 7.07. The van der Waals surface area contributed by atoms with Gasteiger partial charge in [0.15, 0.2) is 6.61 Å². The Labute approximate surface area is 152 Å². The number of aromatic nitrogens is 1. The van der Waals surface area contributed by atoms with Gasteiger partial charge in [-0.1, -0.05) is 23.8 Å². The standard InChI is InChI=1S/C20H22N2O2S/c1-16-7-9-18(10-8-16)24-15-20(23)22(14-19-6-4-12-25-19)13-17-5-3-11-21(17)2/h3-12H,13-15H2,1-2H3. The van der Waals surface area contributed by atoms with E-state index in [2.05, 4.69) is 6.07 Å². The summed E-state index contributed by atoms with van der Waals surface area (Å²) in [6, 6.07) is 15.8. The van der Waals surface area contributed by atoms with Crippen LogP contribution in [0.1, 0.15) is 16.1 Å². The van der Waals surface area contributed by atoms with E-state index in [0.29, 0.717) is 18.8 Å². The van der Waals surface area contributed by atoms with Gasteiger partial charge in [0.05, 0.1) is 13.1 Å². The second kappa shape index (κ2) is 8.03. The molecule has 0 N–H and O–H groups in total. The van der Waals surface area contributed by atoms with E-state index >= 15 is 0 Å². The van der Waals surface area contributed by atoms with E-state index in [-0.39, 0.29) is 12.5 Å². The van der Waals surface area contributed by atoms with Gasteiger partial charge in [-0.3, -0.25) is 4.79 Å². The van der Waals surface area contributed by atoms with Gasteiger partial charge >= 0.3 is 0 Å². The van der Waals surface area contributed by atoms with Crippen LogP contribution in [0, 0.1) is 6.92 Å². The zero-order chi connectivity index (χ0) is 17.6. The Bertz CT molecular complexity index is 807. The predicted octanol–water partition coefficient (Wildman–Crippen LogP) is 4.00. The fourth-order valence-corrected chi connectivity index (χ4v) is 3.27. The fourth-order valence-electron chi connectivity index (χ4n) is 2.55. The number of hydrogen-bond acceptors (Lipinski definition) is 3. The van der Waals surface area contributed by atoms with Crippen molar-refractivity contribution in [1.29, 1.82) is 0 Å². The monoisotopic (exact) mass is 354 g/mol. The third-order valence-corrected chi connectivity index (χ3v) is 4.93. The van der Waals surface area contributed by atoms with Crippen molar-refractivity contribution in [2.24, 2.45) is 7.05 Å². The molecule has 0 atom stereocenters. The van der Waals surface area contributed by atoms with Gasteiger partial charge in [0, 0.05) is 23.8 Å². The Morgan fingerprint density at radius 3 is 2.56 bits per heavy atom. The zero-order valence-corrected chi connectivity index (χ0v) is 15.3. The molecule has 130 valence electrons. The van der Waals surface area contributed by atoms with E-state index in [0.717, 1.165) is 10.6 Å². The van der Waals surface area contributed by atoms with Gasteiger partial charge in [0.25, 0.3) is 5.91 Å². The Kier molecular flexibility index (Phi) is 5.56. The predicted molar refractivity (Wildman–Crippen MR) is 101 cm³/mol. The highest BCUT2D eigenvalue weighted by molar-refractivity contribution is 7.09. The minimum atomic E-state index is -0.0184. The highest BCUT2D eigenvalue weighted by Gasteiger charge is 2.17. The molecule has 0 saturated heterocycles. The van der Waals surface area contributed by atoms with Crippen LogP contribution in [0.25, 0.3) is 0 Å². The van der Waals surface area contributed by atoms with Crippen molar-refractivity contribution in [1.82, 2.24) is 9.47 Å². The molecule has 0 aliphatic rings. The largest absolute Gasteiger partial charge is 0.484 e. The minimum absolute atomic E-state index is 0.0184. The Morgan fingerprint density at radius 1 is 1.12 bits per heavy atom. The second-order valence-electron chi connectivity index (χ2n) is 6.04. The number of ether oxygens (including phenoxy) is 1. The average molecular weight is 354 g/mol. The van der Waals surface area contributed by atoms with Crippen molar-refractivity contribution < 1.29 is 9.53 Å². The first-order valence-electron chi connectivity index (χ1n) is 8.21. The highest BCUT2D eigenvalue weighted by Crippen LogP contribution is 2.16. The maximum atomic E-state index is 12.7. The molecule has 2 heterocycles. The van der Waals surface area contributed by atoms with Gasteiger partial charge in [-0.25, -0.2) is 0 Å². The highest BCUT2D eigenvalue weighted by atomic mass is 32.1. The third-order valence-electron chi connectivity index (χ3n) is 4.07. The number of benzene rings is 1. The lowest BCUT2D eigenvalue weighted by Crippen LogP contribution is -2.34. The molecule has 0 fully saturated rings. The summed E-state index contributed by atoms with van der Waals surface area (Å²) in [5.74, 6) is 0.698. The van der Waals surface area contributed by atoms with Crippen LogP contribution in [0.2, 0.25) is 0 Å². The van der Waals surface area contributed by atoms with Gasteiger partial charge in [-0.15, -0.1) is 11.3 Å². The Morgan fingerprint density at radius 2 is 1.92 bits per heavy atom. The molecule has 3 aromatic rings. The zero-order valence-electron chi connectivity index (χ0n) is 14.5. The van der Waals surface area contributed by atoms with Crippen molar-refractivity contribution in [2.45, 2.75) is 20.0 Å². The summed E-state index contributed by atoms with van der Waals surface area (Å²) < 4.78 is 7.71. The van der Waals surface area contributed by atoms with Crippen LogP contribution in [0.4, 0.5) is 0 Å². The van der Waals surface area contributed by atoms with Crippen LogP contribution in [0.5, 0.6) is 5.75 Å². The first-order valence-corrected chi connectivity index (χ1v) is 9.09. The maximum absolute atomic E-state index is 12.7. The quantitative estimate of drug-likeness (QED) is 0.643. The molecule has 4 nitrogen and oxygen atoms in total. The van der Waals surface area contributed by atoms with Crippen LogP contribution in [0.15, 0.2) is 60.1 Å². The van der Waals surface area contributed by atoms with Gasteiger partial charge in [-0.05, 0) is 42.6 Å². The SMILES string of the molecule is Cc1ccc(OCC(=O)N(Cc2cccs2)Cc2cccn2C)cc1. The molecular weight excluding hydrogens is 332 g/mol. The molecule has 3 rings (SSSR count). The fraction of sp³-hybridized carbons (Fsp3) is 0.250. The number of carbonyl (C=O) groups is 1. The molecule has 1 amide bonds. The number of carbonyl (C=O) groups excluding carboxylic acids is 1. The van der Waals surface area contributed by atoms with E-state index in [4.69, 9.17) is 4.74 Å². The van der Waals surface area contributed by atoms with Crippen LogP contribution >= 0.6 is 11.3 Å². The van der Waals surface area contributed by atoms with E-state index in [1.807, 2.05) is 77.5 Å². The van der Waals surface area contributed by atoms with E-state index in [1.165, 1.54) is 5.56 Å². The molecule has 0 radical (unpaired) electrons. The molecule has 0 bridgehead atoms. The van der Waals surface area contributed by atoms with Gasteiger partial charge < -0.3 is 14.2 Å². The maximum Gasteiger partial charge on any atom is 0.261 e. The van der Waals surface area contributed by atoms with Crippen molar-refractivity contribution in [3.05, 3.63) is 76.2 Å². The molecule has 0 aliphatic carbocycles. The Hall–Kier alpha value is -2.53. The van der Waals surface area contributed by atoms with Crippen molar-refractivity contribution in [3.8, 4) is 5.75 Å². The number of thiophene rings is 1. The number of hydrogen-bond donors (Lipinski definition) is 0. The number of aryl methyl sites for hydroxylation is 2. The van der Waals surface area contributed by atoms with Crippen molar-refractivity contribution in [3.63, 3.8) is 0 Å². The number of nitrogens with zero attached hydrogens (tertiary/aromatic N) is 2. The minimum Gasteiger partial charge on any atom is -0.484 e. The van der Waals surface area contributed by atoms with Crippen LogP contribution < -0.4 is 4.74 Å². The van der Waals surface area contributed by atoms with E-state index in [1.54, 1.807) is 11.3 Å². The lowest BCUT2D eigenvalue weighted by atomic mass is 10.2. The summed E-state index contributed by atoms with van der Waals surface area (Å²) in [7, 11) is 1.99. The normalized spacial score (nSPS) is 10.6. The summed E-state index contributed by atoms with van der Waals surface area (Å²) in [5.41, 5.74) is 2.27. The molecule has 5 heteroatoms. The molecule has 0 aliphatic heterocycles. The van der Waals surface area contributed by atoms with Crippen LogP contribution in [0.3, 0.4) is 0 Å². The average Bonchev–Trinajstić information content (AvgIpc) is 3.26. The smallest absolute Gasteiger partial charge is 0.261 e. The molecule has 25 heavy (non-hydrogen) atoms. The molecule has 0 saturated carbocycles. The third kappa shape index (κ3) is 4.73. The Balaban J connectivity index is 1.67. The van der Waals surface area contributed by atoms with Gasteiger partial charge in [0.1, 0.15) is 5.75 Å². The summed E-state index contributed by atoms with van der Waals surface area (Å²) in [6.45, 7) is 3.23. The van der Waals surface area contributed by atoms with Crippen molar-refractivity contribution >= 4 is 17.2 Å².